The summed E-state index contributed by atoms with van der Waals surface area (Å²) in [5, 5.41) is 11.2. The van der Waals surface area contributed by atoms with Crippen LogP contribution in [0, 0.1) is 6.92 Å². The second-order valence-electron chi connectivity index (χ2n) is 8.36. The van der Waals surface area contributed by atoms with Crippen LogP contribution in [0.15, 0.2) is 78.6 Å². The number of likely N-dealkylation sites (tertiary alicyclic amines) is 1. The Hall–Kier alpha value is -3.97. The van der Waals surface area contributed by atoms with E-state index in [0.717, 1.165) is 11.1 Å². The quantitative estimate of drug-likeness (QED) is 0.215. The SMILES string of the molecule is COCCCN1C(=O)C(=O)/C(=C(/O)c2ccc(OCc3ccccc3C)cc2)[C@@H]1c1ccncc1. The summed E-state index contributed by atoms with van der Waals surface area (Å²) in [6.07, 6.45) is 3.77. The summed E-state index contributed by atoms with van der Waals surface area (Å²) in [5.74, 6) is -0.926. The number of methoxy groups -OCH3 is 1. The highest BCUT2D eigenvalue weighted by Crippen LogP contribution is 2.39. The molecule has 180 valence electrons. The van der Waals surface area contributed by atoms with E-state index in [9.17, 15) is 14.7 Å². The monoisotopic (exact) mass is 472 g/mol. The molecule has 1 amide bonds. The normalized spacial score (nSPS) is 17.1. The Bertz CT molecular complexity index is 1220. The largest absolute Gasteiger partial charge is 0.507 e. The van der Waals surface area contributed by atoms with Gasteiger partial charge in [0.2, 0.25) is 0 Å². The van der Waals surface area contributed by atoms with Crippen molar-refractivity contribution in [3.05, 3.63) is 101 Å². The van der Waals surface area contributed by atoms with E-state index in [1.54, 1.807) is 55.9 Å². The molecule has 7 heteroatoms. The minimum Gasteiger partial charge on any atom is -0.507 e. The fourth-order valence-corrected chi connectivity index (χ4v) is 4.18. The minimum absolute atomic E-state index is 0.0622. The number of aryl methyl sites for hydroxylation is 1. The predicted octanol–water partition coefficient (Wildman–Crippen LogP) is 4.43. The number of aromatic nitrogens is 1. The number of ketones is 1. The molecule has 0 bridgehead atoms. The lowest BCUT2D eigenvalue weighted by molar-refractivity contribution is -0.140. The Labute approximate surface area is 204 Å². The molecule has 0 unspecified atom stereocenters. The molecule has 35 heavy (non-hydrogen) atoms. The van der Waals surface area contributed by atoms with Crippen molar-refractivity contribution in [1.82, 2.24) is 9.88 Å². The molecule has 4 rings (SSSR count). The molecular weight excluding hydrogens is 444 g/mol. The average molecular weight is 473 g/mol. The molecule has 3 aromatic rings. The molecule has 1 N–H and O–H groups in total. The smallest absolute Gasteiger partial charge is 0.295 e. The van der Waals surface area contributed by atoms with Gasteiger partial charge in [-0.2, -0.15) is 0 Å². The predicted molar refractivity (Wildman–Crippen MR) is 132 cm³/mol. The lowest BCUT2D eigenvalue weighted by atomic mass is 9.96. The highest BCUT2D eigenvalue weighted by Gasteiger charge is 2.45. The molecule has 1 aliphatic rings. The highest BCUT2D eigenvalue weighted by molar-refractivity contribution is 6.46. The van der Waals surface area contributed by atoms with Crippen molar-refractivity contribution < 1.29 is 24.2 Å². The van der Waals surface area contributed by atoms with Gasteiger partial charge in [-0.25, -0.2) is 0 Å². The van der Waals surface area contributed by atoms with E-state index in [1.165, 1.54) is 4.90 Å². The molecule has 0 radical (unpaired) electrons. The number of aliphatic hydroxyl groups is 1. The standard InChI is InChI=1S/C28H28N2O5/c1-19-6-3-4-7-22(19)18-35-23-10-8-21(9-11-23)26(31)24-25(20-12-14-29-15-13-20)30(16-5-17-34-2)28(33)27(24)32/h3-4,6-15,25,31H,5,16-18H2,1-2H3/b26-24+/t25-/m0/s1. The van der Waals surface area contributed by atoms with Gasteiger partial charge in [-0.05, 0) is 66.4 Å². The number of rotatable bonds is 9. The van der Waals surface area contributed by atoms with Gasteiger partial charge in [-0.3, -0.25) is 14.6 Å². The molecule has 2 heterocycles. The van der Waals surface area contributed by atoms with E-state index in [1.807, 2.05) is 31.2 Å². The average Bonchev–Trinajstić information content (AvgIpc) is 3.14. The Morgan fingerprint density at radius 3 is 2.43 bits per heavy atom. The third-order valence-corrected chi connectivity index (χ3v) is 6.09. The van der Waals surface area contributed by atoms with Gasteiger partial charge in [0.05, 0.1) is 11.6 Å². The van der Waals surface area contributed by atoms with Gasteiger partial charge in [0.25, 0.3) is 11.7 Å². The maximum atomic E-state index is 13.0. The molecule has 1 aliphatic heterocycles. The van der Waals surface area contributed by atoms with Gasteiger partial charge < -0.3 is 19.5 Å². The number of hydrogen-bond donors (Lipinski definition) is 1. The third-order valence-electron chi connectivity index (χ3n) is 6.09. The Kier molecular flexibility index (Phi) is 7.57. The van der Waals surface area contributed by atoms with Gasteiger partial charge in [-0.15, -0.1) is 0 Å². The summed E-state index contributed by atoms with van der Waals surface area (Å²) in [4.78, 5) is 31.4. The van der Waals surface area contributed by atoms with Gasteiger partial charge in [0, 0.05) is 38.2 Å². The first-order valence-corrected chi connectivity index (χ1v) is 11.5. The van der Waals surface area contributed by atoms with E-state index in [4.69, 9.17) is 9.47 Å². The number of pyridine rings is 1. The number of hydrogen-bond acceptors (Lipinski definition) is 6. The highest BCUT2D eigenvalue weighted by atomic mass is 16.5. The van der Waals surface area contributed by atoms with Crippen LogP contribution in [-0.2, 0) is 20.9 Å². The first kappa shape index (κ1) is 24.2. The second kappa shape index (κ2) is 11.0. The van der Waals surface area contributed by atoms with E-state index >= 15 is 0 Å². The van der Waals surface area contributed by atoms with Crippen LogP contribution in [0.25, 0.3) is 5.76 Å². The second-order valence-corrected chi connectivity index (χ2v) is 8.36. The fourth-order valence-electron chi connectivity index (χ4n) is 4.18. The molecule has 0 aliphatic carbocycles. The summed E-state index contributed by atoms with van der Waals surface area (Å²) in [6, 6.07) is 17.6. The van der Waals surface area contributed by atoms with Crippen LogP contribution in [0.3, 0.4) is 0 Å². The van der Waals surface area contributed by atoms with Crippen LogP contribution in [0.1, 0.15) is 34.7 Å². The van der Waals surface area contributed by atoms with Crippen molar-refractivity contribution >= 4 is 17.4 Å². The summed E-state index contributed by atoms with van der Waals surface area (Å²) >= 11 is 0. The van der Waals surface area contributed by atoms with Crippen LogP contribution in [0.5, 0.6) is 5.75 Å². The fraction of sp³-hybridized carbons (Fsp3) is 0.250. The van der Waals surface area contributed by atoms with E-state index < -0.39 is 17.7 Å². The maximum Gasteiger partial charge on any atom is 0.295 e. The van der Waals surface area contributed by atoms with E-state index in [2.05, 4.69) is 4.98 Å². The van der Waals surface area contributed by atoms with Crippen molar-refractivity contribution in [2.75, 3.05) is 20.3 Å². The number of benzene rings is 2. The van der Waals surface area contributed by atoms with Crippen molar-refractivity contribution in [3.8, 4) is 5.75 Å². The minimum atomic E-state index is -0.707. The van der Waals surface area contributed by atoms with Crippen molar-refractivity contribution in [2.45, 2.75) is 26.0 Å². The Morgan fingerprint density at radius 1 is 1.03 bits per heavy atom. The molecule has 1 aromatic heterocycles. The zero-order valence-electron chi connectivity index (χ0n) is 19.8. The van der Waals surface area contributed by atoms with Gasteiger partial charge >= 0.3 is 0 Å². The number of amides is 1. The summed E-state index contributed by atoms with van der Waals surface area (Å²) in [5.41, 5.74) is 3.43. The number of carbonyl (C=O) groups excluding carboxylic acids is 2. The first-order valence-electron chi connectivity index (χ1n) is 11.5. The van der Waals surface area contributed by atoms with Gasteiger partial charge in [0.15, 0.2) is 0 Å². The zero-order valence-corrected chi connectivity index (χ0v) is 19.8. The van der Waals surface area contributed by atoms with Crippen LogP contribution in [0.2, 0.25) is 0 Å². The lowest BCUT2D eigenvalue weighted by Crippen LogP contribution is -2.31. The van der Waals surface area contributed by atoms with Gasteiger partial charge in [-0.1, -0.05) is 24.3 Å². The van der Waals surface area contributed by atoms with Crippen LogP contribution in [-0.4, -0.2) is 46.9 Å². The van der Waals surface area contributed by atoms with Gasteiger partial charge in [0.1, 0.15) is 18.1 Å². The maximum absolute atomic E-state index is 13.0. The van der Waals surface area contributed by atoms with Crippen LogP contribution in [0.4, 0.5) is 0 Å². The zero-order chi connectivity index (χ0) is 24.8. The first-order chi connectivity index (χ1) is 17.0. The Balaban J connectivity index is 1.62. The lowest BCUT2D eigenvalue weighted by Gasteiger charge is -2.25. The number of carbonyl (C=O) groups is 2. The molecule has 1 saturated heterocycles. The number of Topliss-reactive ketones (excluding diaryl/α,β-unsaturated/α-hetero) is 1. The number of ether oxygens (including phenoxy) is 2. The summed E-state index contributed by atoms with van der Waals surface area (Å²) in [6.45, 7) is 3.24. The third kappa shape index (κ3) is 5.25. The van der Waals surface area contributed by atoms with E-state index in [0.29, 0.717) is 43.1 Å². The van der Waals surface area contributed by atoms with Crippen LogP contribution >= 0.6 is 0 Å². The molecule has 1 atom stereocenters. The van der Waals surface area contributed by atoms with Crippen molar-refractivity contribution in [2.24, 2.45) is 0 Å². The molecule has 0 saturated carbocycles. The molecule has 0 spiro atoms. The topological polar surface area (TPSA) is 89.0 Å². The number of aliphatic hydroxyl groups excluding tert-OH is 1. The molecule has 2 aromatic carbocycles. The molecule has 1 fully saturated rings. The molecule has 7 nitrogen and oxygen atoms in total. The van der Waals surface area contributed by atoms with Crippen molar-refractivity contribution in [3.63, 3.8) is 0 Å². The Morgan fingerprint density at radius 2 is 1.74 bits per heavy atom. The summed E-state index contributed by atoms with van der Waals surface area (Å²) < 4.78 is 11.0. The molecular formula is C28H28N2O5. The number of nitrogens with zero attached hydrogens (tertiary/aromatic N) is 2. The van der Waals surface area contributed by atoms with E-state index in [-0.39, 0.29) is 11.3 Å². The van der Waals surface area contributed by atoms with Crippen LogP contribution < -0.4 is 4.74 Å². The van der Waals surface area contributed by atoms with Crippen molar-refractivity contribution in [1.29, 1.82) is 0 Å². The summed E-state index contributed by atoms with van der Waals surface area (Å²) in [7, 11) is 1.59.